The number of imidazole rings is 1. The van der Waals surface area contributed by atoms with Gasteiger partial charge >= 0.3 is 0 Å². The van der Waals surface area contributed by atoms with Crippen LogP contribution in [0.4, 0.5) is 10.2 Å². The van der Waals surface area contributed by atoms with Crippen molar-refractivity contribution in [2.75, 3.05) is 5.32 Å². The molecule has 3 heterocycles. The van der Waals surface area contributed by atoms with Gasteiger partial charge in [-0.05, 0) is 30.7 Å². The summed E-state index contributed by atoms with van der Waals surface area (Å²) < 4.78 is 16.0. The molecular formula is C22H18FN7O. The number of para-hydroxylation sites is 1. The van der Waals surface area contributed by atoms with Crippen molar-refractivity contribution in [2.45, 2.75) is 19.4 Å². The maximum absolute atomic E-state index is 14.5. The molecule has 0 saturated heterocycles. The molecule has 1 atom stereocenters. The summed E-state index contributed by atoms with van der Waals surface area (Å²) in [5.74, 6) is 0.381. The van der Waals surface area contributed by atoms with Crippen LogP contribution in [-0.2, 0) is 0 Å². The van der Waals surface area contributed by atoms with Crippen molar-refractivity contribution >= 4 is 27.9 Å². The number of nitrogens with zero attached hydrogens (tertiary/aromatic N) is 5. The Morgan fingerprint density at radius 3 is 2.74 bits per heavy atom. The van der Waals surface area contributed by atoms with Crippen molar-refractivity contribution in [3.63, 3.8) is 0 Å². The van der Waals surface area contributed by atoms with Gasteiger partial charge in [-0.15, -0.1) is 0 Å². The molecule has 9 heteroatoms. The van der Waals surface area contributed by atoms with Gasteiger partial charge in [0.1, 0.15) is 28.9 Å². The summed E-state index contributed by atoms with van der Waals surface area (Å²) in [6.45, 7) is 1.97. The Bertz CT molecular complexity index is 1450. The van der Waals surface area contributed by atoms with Crippen molar-refractivity contribution in [3.05, 3.63) is 83.2 Å². The molecule has 5 rings (SSSR count). The average Bonchev–Trinajstić information content (AvgIpc) is 3.27. The first-order chi connectivity index (χ1) is 15.2. The van der Waals surface area contributed by atoms with Crippen LogP contribution >= 0.6 is 0 Å². The molecule has 2 aromatic carbocycles. The third kappa shape index (κ3) is 3.20. The van der Waals surface area contributed by atoms with E-state index in [1.54, 1.807) is 30.6 Å². The predicted octanol–water partition coefficient (Wildman–Crippen LogP) is 3.75. The Morgan fingerprint density at radius 2 is 1.94 bits per heavy atom. The molecule has 154 valence electrons. The molecule has 0 saturated carbocycles. The number of aromatic nitrogens is 6. The fraction of sp³-hybridized carbons (Fsp3) is 0.136. The maximum Gasteiger partial charge on any atom is 0.269 e. The molecule has 0 aliphatic rings. The lowest BCUT2D eigenvalue weighted by Crippen LogP contribution is -2.28. The first-order valence-electron chi connectivity index (χ1n) is 9.84. The molecule has 0 spiro atoms. The van der Waals surface area contributed by atoms with E-state index < -0.39 is 17.4 Å². The number of rotatable bonds is 5. The van der Waals surface area contributed by atoms with E-state index in [2.05, 4.69) is 25.3 Å². The SMILES string of the molecule is CC[C@@H](Nc1ncnc2[nH]cnc12)c1nc2cccc(F)c2c(=O)n1-c1ccccc1. The number of halogens is 1. The molecule has 0 aliphatic heterocycles. The molecule has 0 aliphatic carbocycles. The summed E-state index contributed by atoms with van der Waals surface area (Å²) in [5, 5.41) is 3.30. The van der Waals surface area contributed by atoms with Crippen molar-refractivity contribution in [3.8, 4) is 5.69 Å². The van der Waals surface area contributed by atoms with E-state index in [1.165, 1.54) is 17.0 Å². The van der Waals surface area contributed by atoms with Gasteiger partial charge in [0.2, 0.25) is 0 Å². The Morgan fingerprint density at radius 1 is 1.10 bits per heavy atom. The van der Waals surface area contributed by atoms with Gasteiger partial charge in [-0.1, -0.05) is 31.2 Å². The molecule has 5 aromatic rings. The van der Waals surface area contributed by atoms with Crippen molar-refractivity contribution in [1.82, 2.24) is 29.5 Å². The Balaban J connectivity index is 1.74. The standard InChI is InChI=1S/C22H18FN7O/c1-2-15(28-20-18-19(25-11-24-18)26-12-27-20)21-29-16-10-6-9-14(23)17(16)22(31)30(21)13-7-4-3-5-8-13/h3-12,15H,2H2,1H3,(H2,24,25,26,27,28)/t15-/m1/s1. The van der Waals surface area contributed by atoms with Gasteiger partial charge in [-0.25, -0.2) is 24.3 Å². The lowest BCUT2D eigenvalue weighted by Gasteiger charge is -2.22. The monoisotopic (exact) mass is 415 g/mol. The van der Waals surface area contributed by atoms with Crippen LogP contribution in [0.5, 0.6) is 0 Å². The van der Waals surface area contributed by atoms with Crippen molar-refractivity contribution in [1.29, 1.82) is 0 Å². The second-order valence-corrected chi connectivity index (χ2v) is 7.01. The number of fused-ring (bicyclic) bond motifs is 2. The lowest BCUT2D eigenvalue weighted by atomic mass is 10.1. The highest BCUT2D eigenvalue weighted by Gasteiger charge is 2.22. The van der Waals surface area contributed by atoms with E-state index in [4.69, 9.17) is 4.98 Å². The van der Waals surface area contributed by atoms with Crippen LogP contribution in [0.25, 0.3) is 27.8 Å². The summed E-state index contributed by atoms with van der Waals surface area (Å²) in [6, 6.07) is 13.2. The van der Waals surface area contributed by atoms with Crippen LogP contribution in [0.2, 0.25) is 0 Å². The molecule has 0 radical (unpaired) electrons. The fourth-order valence-electron chi connectivity index (χ4n) is 3.65. The number of H-pyrrole nitrogens is 1. The van der Waals surface area contributed by atoms with E-state index in [0.29, 0.717) is 40.4 Å². The summed E-state index contributed by atoms with van der Waals surface area (Å²) in [4.78, 5) is 33.8. The topological polar surface area (TPSA) is 101 Å². The van der Waals surface area contributed by atoms with Gasteiger partial charge in [0.15, 0.2) is 11.5 Å². The molecule has 0 unspecified atom stereocenters. The third-order valence-corrected chi connectivity index (χ3v) is 5.14. The van der Waals surface area contributed by atoms with Crippen LogP contribution in [0.3, 0.4) is 0 Å². The highest BCUT2D eigenvalue weighted by Crippen LogP contribution is 2.26. The van der Waals surface area contributed by atoms with E-state index in [1.807, 2.05) is 25.1 Å². The van der Waals surface area contributed by atoms with E-state index in [0.717, 1.165) is 0 Å². The molecule has 0 fully saturated rings. The summed E-state index contributed by atoms with van der Waals surface area (Å²) in [7, 11) is 0. The largest absolute Gasteiger partial charge is 0.358 e. The zero-order chi connectivity index (χ0) is 21.4. The first-order valence-corrected chi connectivity index (χ1v) is 9.84. The summed E-state index contributed by atoms with van der Waals surface area (Å²) >= 11 is 0. The van der Waals surface area contributed by atoms with E-state index >= 15 is 0 Å². The minimum Gasteiger partial charge on any atom is -0.358 e. The highest BCUT2D eigenvalue weighted by molar-refractivity contribution is 5.82. The zero-order valence-corrected chi connectivity index (χ0v) is 16.6. The maximum atomic E-state index is 14.5. The molecule has 0 bridgehead atoms. The molecule has 8 nitrogen and oxygen atoms in total. The quantitative estimate of drug-likeness (QED) is 0.453. The minimum absolute atomic E-state index is 0.0401. The van der Waals surface area contributed by atoms with Crippen LogP contribution in [0.15, 0.2) is 66.0 Å². The van der Waals surface area contributed by atoms with Crippen molar-refractivity contribution < 1.29 is 4.39 Å². The molecule has 31 heavy (non-hydrogen) atoms. The van der Waals surface area contributed by atoms with Gasteiger partial charge < -0.3 is 10.3 Å². The highest BCUT2D eigenvalue weighted by atomic mass is 19.1. The molecule has 0 amide bonds. The van der Waals surface area contributed by atoms with Gasteiger partial charge in [0, 0.05) is 0 Å². The number of anilines is 1. The molecule has 2 N–H and O–H groups in total. The Kier molecular flexibility index (Phi) is 4.62. The smallest absolute Gasteiger partial charge is 0.269 e. The fourth-order valence-corrected chi connectivity index (χ4v) is 3.65. The number of hydrogen-bond acceptors (Lipinski definition) is 6. The first kappa shape index (κ1) is 18.9. The predicted molar refractivity (Wildman–Crippen MR) is 116 cm³/mol. The van der Waals surface area contributed by atoms with E-state index in [-0.39, 0.29) is 5.39 Å². The number of hydrogen-bond donors (Lipinski definition) is 2. The second-order valence-electron chi connectivity index (χ2n) is 7.01. The van der Waals surface area contributed by atoms with Gasteiger partial charge in [0.05, 0.1) is 23.6 Å². The van der Waals surface area contributed by atoms with Crippen molar-refractivity contribution in [2.24, 2.45) is 0 Å². The van der Waals surface area contributed by atoms with Gasteiger partial charge in [-0.3, -0.25) is 9.36 Å². The second kappa shape index (κ2) is 7.60. The summed E-state index contributed by atoms with van der Waals surface area (Å²) in [6.07, 6.45) is 3.57. The number of aromatic amines is 1. The Hall–Kier alpha value is -4.14. The van der Waals surface area contributed by atoms with Crippen LogP contribution in [0, 0.1) is 5.82 Å². The third-order valence-electron chi connectivity index (χ3n) is 5.14. The normalized spacial score (nSPS) is 12.3. The number of nitrogens with one attached hydrogen (secondary N) is 2. The van der Waals surface area contributed by atoms with Crippen LogP contribution in [-0.4, -0.2) is 29.5 Å². The average molecular weight is 415 g/mol. The van der Waals surface area contributed by atoms with Gasteiger partial charge in [0.25, 0.3) is 5.56 Å². The minimum atomic E-state index is -0.596. The summed E-state index contributed by atoms with van der Waals surface area (Å²) in [5.41, 5.74) is 1.63. The zero-order valence-electron chi connectivity index (χ0n) is 16.6. The Labute approximate surface area is 175 Å². The van der Waals surface area contributed by atoms with Gasteiger partial charge in [-0.2, -0.15) is 0 Å². The van der Waals surface area contributed by atoms with E-state index in [9.17, 15) is 9.18 Å². The molecule has 3 aromatic heterocycles. The number of benzene rings is 2. The van der Waals surface area contributed by atoms with Crippen LogP contribution < -0.4 is 10.9 Å². The molecular weight excluding hydrogens is 397 g/mol. The van der Waals surface area contributed by atoms with Crippen LogP contribution in [0.1, 0.15) is 25.2 Å². The lowest BCUT2D eigenvalue weighted by molar-refractivity contribution is 0.630.